The molecule has 0 bridgehead atoms. The lowest BCUT2D eigenvalue weighted by atomic mass is 10.1. The second-order valence-corrected chi connectivity index (χ2v) is 6.86. The van der Waals surface area contributed by atoms with Crippen molar-refractivity contribution in [1.82, 2.24) is 19.5 Å². The van der Waals surface area contributed by atoms with Crippen LogP contribution in [-0.4, -0.2) is 71.3 Å². The fraction of sp³-hybridized carbons (Fsp3) is 0.667. The maximum absolute atomic E-state index is 10.2. The van der Waals surface area contributed by atoms with Gasteiger partial charge in [-0.1, -0.05) is 12.8 Å². The van der Waals surface area contributed by atoms with E-state index in [1.807, 2.05) is 0 Å². The van der Waals surface area contributed by atoms with Crippen LogP contribution in [0.25, 0.3) is 11.2 Å². The summed E-state index contributed by atoms with van der Waals surface area (Å²) in [6, 6.07) is 0.327. The SMILES string of the molecule is O.OCC1OC(n2cnc3c(NC4CCCC4)nc(Cl)nc32)C(O)C1O. The first-order valence-electron chi connectivity index (χ1n) is 8.37. The molecule has 6 N–H and O–H groups in total. The van der Waals surface area contributed by atoms with Crippen LogP contribution in [0.1, 0.15) is 31.9 Å². The average Bonchev–Trinajstić information content (AvgIpc) is 3.29. The number of aliphatic hydroxyl groups is 3. The second-order valence-electron chi connectivity index (χ2n) is 6.52. The Balaban J connectivity index is 0.00000196. The molecule has 1 saturated carbocycles. The summed E-state index contributed by atoms with van der Waals surface area (Å²) in [5, 5.41) is 32.9. The van der Waals surface area contributed by atoms with Crippen LogP contribution in [0.15, 0.2) is 6.33 Å². The fourth-order valence-corrected chi connectivity index (χ4v) is 3.71. The predicted octanol–water partition coefficient (Wildman–Crippen LogP) is -0.379. The van der Waals surface area contributed by atoms with Crippen LogP contribution in [0.5, 0.6) is 0 Å². The van der Waals surface area contributed by atoms with Gasteiger partial charge in [-0.25, -0.2) is 4.98 Å². The Morgan fingerprint density at radius 1 is 1.23 bits per heavy atom. The summed E-state index contributed by atoms with van der Waals surface area (Å²) in [4.78, 5) is 12.8. The lowest BCUT2D eigenvalue weighted by Gasteiger charge is -2.17. The molecule has 3 heterocycles. The van der Waals surface area contributed by atoms with Crippen molar-refractivity contribution in [2.45, 2.75) is 56.3 Å². The Morgan fingerprint density at radius 2 is 1.96 bits per heavy atom. The summed E-state index contributed by atoms with van der Waals surface area (Å²) in [6.07, 6.45) is 1.77. The van der Waals surface area contributed by atoms with Crippen molar-refractivity contribution in [3.8, 4) is 0 Å². The van der Waals surface area contributed by atoms with Gasteiger partial charge in [0, 0.05) is 6.04 Å². The van der Waals surface area contributed by atoms with E-state index in [4.69, 9.17) is 16.3 Å². The molecule has 10 nitrogen and oxygen atoms in total. The Labute approximate surface area is 154 Å². The van der Waals surface area contributed by atoms with Crippen molar-refractivity contribution >= 4 is 28.6 Å². The molecule has 0 spiro atoms. The van der Waals surface area contributed by atoms with E-state index in [0.29, 0.717) is 23.0 Å². The maximum Gasteiger partial charge on any atom is 0.226 e. The molecule has 4 unspecified atom stereocenters. The van der Waals surface area contributed by atoms with E-state index in [0.717, 1.165) is 12.8 Å². The van der Waals surface area contributed by atoms with Crippen LogP contribution in [0.2, 0.25) is 5.28 Å². The van der Waals surface area contributed by atoms with Gasteiger partial charge in [0.05, 0.1) is 12.9 Å². The zero-order valence-corrected chi connectivity index (χ0v) is 14.7. The molecule has 11 heteroatoms. The minimum atomic E-state index is -1.21. The fourth-order valence-electron chi connectivity index (χ4n) is 3.55. The summed E-state index contributed by atoms with van der Waals surface area (Å²) < 4.78 is 7.06. The van der Waals surface area contributed by atoms with E-state index in [2.05, 4.69) is 20.3 Å². The van der Waals surface area contributed by atoms with Gasteiger partial charge in [-0.3, -0.25) is 4.57 Å². The average molecular weight is 388 g/mol. The molecule has 144 valence electrons. The van der Waals surface area contributed by atoms with E-state index in [1.165, 1.54) is 23.7 Å². The summed E-state index contributed by atoms with van der Waals surface area (Å²) in [7, 11) is 0. The first-order chi connectivity index (χ1) is 12.1. The third-order valence-corrected chi connectivity index (χ3v) is 5.05. The van der Waals surface area contributed by atoms with Crippen LogP contribution >= 0.6 is 11.6 Å². The Kier molecular flexibility index (Phi) is 5.61. The van der Waals surface area contributed by atoms with Crippen LogP contribution in [0.4, 0.5) is 5.82 Å². The minimum Gasteiger partial charge on any atom is -0.412 e. The molecule has 1 saturated heterocycles. The Morgan fingerprint density at radius 3 is 2.62 bits per heavy atom. The van der Waals surface area contributed by atoms with E-state index in [1.54, 1.807) is 0 Å². The molecule has 2 aromatic heterocycles. The zero-order chi connectivity index (χ0) is 17.6. The van der Waals surface area contributed by atoms with Crippen LogP contribution in [0, 0.1) is 0 Å². The molecule has 0 radical (unpaired) electrons. The summed E-state index contributed by atoms with van der Waals surface area (Å²) >= 11 is 6.07. The number of ether oxygens (including phenoxy) is 1. The van der Waals surface area contributed by atoms with Gasteiger partial charge >= 0.3 is 0 Å². The highest BCUT2D eigenvalue weighted by Gasteiger charge is 2.44. The van der Waals surface area contributed by atoms with Gasteiger partial charge in [0.25, 0.3) is 0 Å². The molecular weight excluding hydrogens is 366 g/mol. The van der Waals surface area contributed by atoms with Crippen molar-refractivity contribution in [1.29, 1.82) is 0 Å². The number of anilines is 1. The van der Waals surface area contributed by atoms with Gasteiger partial charge in [0.2, 0.25) is 5.28 Å². The maximum atomic E-state index is 10.2. The van der Waals surface area contributed by atoms with Gasteiger partial charge < -0.3 is 30.8 Å². The molecular formula is C15H22ClN5O5. The highest BCUT2D eigenvalue weighted by atomic mass is 35.5. The number of imidazole rings is 1. The summed E-state index contributed by atoms with van der Waals surface area (Å²) in [5.74, 6) is 0.549. The van der Waals surface area contributed by atoms with E-state index >= 15 is 0 Å². The summed E-state index contributed by atoms with van der Waals surface area (Å²) in [6.45, 7) is -0.397. The van der Waals surface area contributed by atoms with Gasteiger partial charge in [-0.15, -0.1) is 0 Å². The van der Waals surface area contributed by atoms with Gasteiger partial charge in [-0.2, -0.15) is 9.97 Å². The van der Waals surface area contributed by atoms with Crippen molar-refractivity contribution in [3.05, 3.63) is 11.6 Å². The molecule has 2 aliphatic rings. The number of aliphatic hydroxyl groups excluding tert-OH is 3. The zero-order valence-electron chi connectivity index (χ0n) is 13.9. The third kappa shape index (κ3) is 3.24. The van der Waals surface area contributed by atoms with Crippen molar-refractivity contribution in [3.63, 3.8) is 0 Å². The van der Waals surface area contributed by atoms with Crippen LogP contribution < -0.4 is 5.32 Å². The monoisotopic (exact) mass is 387 g/mol. The highest BCUT2D eigenvalue weighted by Crippen LogP contribution is 2.33. The molecule has 4 rings (SSSR count). The van der Waals surface area contributed by atoms with Gasteiger partial charge in [-0.05, 0) is 24.4 Å². The Bertz CT molecular complexity index is 768. The summed E-state index contributed by atoms with van der Waals surface area (Å²) in [5.41, 5.74) is 0.921. The van der Waals surface area contributed by atoms with Crippen molar-refractivity contribution < 1.29 is 25.5 Å². The van der Waals surface area contributed by atoms with Gasteiger partial charge in [0.15, 0.2) is 23.2 Å². The standard InChI is InChI=1S/C15H20ClN5O4.H2O/c16-15-19-12(18-7-3-1-2-4-7)9-13(20-15)21(6-17-9)14-11(24)10(23)8(5-22)25-14;/h6-8,10-11,14,22-24H,1-5H2,(H,18,19,20);1H2. The number of hydrogen-bond acceptors (Lipinski definition) is 8. The smallest absolute Gasteiger partial charge is 0.226 e. The number of nitrogens with zero attached hydrogens (tertiary/aromatic N) is 4. The lowest BCUT2D eigenvalue weighted by molar-refractivity contribution is -0.0511. The molecule has 1 aliphatic heterocycles. The van der Waals surface area contributed by atoms with Crippen LogP contribution in [-0.2, 0) is 4.74 Å². The number of aromatic nitrogens is 4. The first-order valence-corrected chi connectivity index (χ1v) is 8.75. The quantitative estimate of drug-likeness (QED) is 0.517. The molecule has 0 amide bonds. The van der Waals surface area contributed by atoms with Gasteiger partial charge in [0.1, 0.15) is 18.3 Å². The number of halogens is 1. The Hall–Kier alpha value is -1.56. The van der Waals surface area contributed by atoms with Crippen molar-refractivity contribution in [2.24, 2.45) is 0 Å². The molecule has 2 fully saturated rings. The molecule has 1 aliphatic carbocycles. The largest absolute Gasteiger partial charge is 0.412 e. The highest BCUT2D eigenvalue weighted by molar-refractivity contribution is 6.28. The van der Waals surface area contributed by atoms with Crippen LogP contribution in [0.3, 0.4) is 0 Å². The van der Waals surface area contributed by atoms with E-state index < -0.39 is 31.1 Å². The predicted molar refractivity (Wildman–Crippen MR) is 92.8 cm³/mol. The topological polar surface area (TPSA) is 157 Å². The second kappa shape index (κ2) is 7.59. The molecule has 2 aromatic rings. The molecule has 0 aromatic carbocycles. The number of rotatable bonds is 4. The van der Waals surface area contributed by atoms with E-state index in [9.17, 15) is 15.3 Å². The first kappa shape index (κ1) is 19.2. The minimum absolute atomic E-state index is 0. The molecule has 26 heavy (non-hydrogen) atoms. The normalized spacial score (nSPS) is 29.2. The number of nitrogens with one attached hydrogen (secondary N) is 1. The number of hydrogen-bond donors (Lipinski definition) is 4. The lowest BCUT2D eigenvalue weighted by Crippen LogP contribution is -2.33. The molecule has 4 atom stereocenters. The number of fused-ring (bicyclic) bond motifs is 1. The third-order valence-electron chi connectivity index (χ3n) is 4.88. The van der Waals surface area contributed by atoms with E-state index in [-0.39, 0.29) is 10.8 Å². The van der Waals surface area contributed by atoms with Crippen molar-refractivity contribution in [2.75, 3.05) is 11.9 Å².